The van der Waals surface area contributed by atoms with E-state index in [0.29, 0.717) is 17.5 Å². The molecule has 3 aromatic rings. The molecule has 0 saturated carbocycles. The van der Waals surface area contributed by atoms with Crippen LogP contribution in [0.5, 0.6) is 0 Å². The molecule has 0 aliphatic heterocycles. The summed E-state index contributed by atoms with van der Waals surface area (Å²) in [6.07, 6.45) is 1.73. The molecule has 2 aromatic heterocycles. The van der Waals surface area contributed by atoms with E-state index in [1.54, 1.807) is 6.20 Å². The molecule has 2 heterocycles. The first kappa shape index (κ1) is 18.3. The smallest absolute Gasteiger partial charge is 0.225 e. The Balaban J connectivity index is 2.00. The molecule has 3 N–H and O–H groups in total. The molecule has 7 heteroatoms. The fraction of sp³-hybridized carbons (Fsp3) is 0.211. The van der Waals surface area contributed by atoms with Crippen LogP contribution in [0.4, 0.5) is 17.5 Å². The Labute approximate surface area is 160 Å². The van der Waals surface area contributed by atoms with Crippen LogP contribution in [0.25, 0.3) is 11.4 Å². The van der Waals surface area contributed by atoms with E-state index in [9.17, 15) is 5.11 Å². The molecule has 3 rings (SSSR count). The number of hydrogen-bond donors (Lipinski definition) is 3. The highest BCUT2D eigenvalue weighted by atomic mass is 79.9. The highest BCUT2D eigenvalue weighted by molar-refractivity contribution is 9.10. The van der Waals surface area contributed by atoms with Crippen LogP contribution < -0.4 is 10.6 Å². The first-order chi connectivity index (χ1) is 12.6. The minimum Gasteiger partial charge on any atom is -0.394 e. The number of nitrogens with zero attached hydrogens (tertiary/aromatic N) is 3. The van der Waals surface area contributed by atoms with E-state index < -0.39 is 0 Å². The van der Waals surface area contributed by atoms with Crippen LogP contribution in [0.1, 0.15) is 12.5 Å². The molecule has 0 bridgehead atoms. The summed E-state index contributed by atoms with van der Waals surface area (Å²) in [5.41, 5.74) is 3.49. The van der Waals surface area contributed by atoms with Crippen molar-refractivity contribution >= 4 is 33.4 Å². The van der Waals surface area contributed by atoms with Gasteiger partial charge in [-0.15, -0.1) is 0 Å². The predicted octanol–water partition coefficient (Wildman–Crippen LogP) is 4.15. The van der Waals surface area contributed by atoms with Gasteiger partial charge in [-0.1, -0.05) is 28.1 Å². The van der Waals surface area contributed by atoms with Gasteiger partial charge in [0.15, 0.2) is 0 Å². The number of pyridine rings is 1. The van der Waals surface area contributed by atoms with Crippen LogP contribution in [-0.4, -0.2) is 32.7 Å². The van der Waals surface area contributed by atoms with Crippen LogP contribution >= 0.6 is 15.9 Å². The maximum absolute atomic E-state index is 9.30. The minimum absolute atomic E-state index is 0.00925. The standard InChI is InChI=1S/C19H20BrN5O/c1-12(11-26)22-19-24-17(16-7-3-4-9-21-16)10-18(25-19)23-15-8-5-6-14(20)13(15)2/h3-10,12,26H,11H2,1-2H3,(H2,22,23,24,25)/t12-/m0/s1. The fourth-order valence-electron chi connectivity index (χ4n) is 2.37. The zero-order valence-corrected chi connectivity index (χ0v) is 16.2. The quantitative estimate of drug-likeness (QED) is 0.562. The average molecular weight is 414 g/mol. The van der Waals surface area contributed by atoms with Gasteiger partial charge in [-0.3, -0.25) is 4.98 Å². The molecule has 0 aliphatic carbocycles. The first-order valence-corrected chi connectivity index (χ1v) is 9.06. The van der Waals surface area contributed by atoms with Crippen molar-refractivity contribution < 1.29 is 5.11 Å². The van der Waals surface area contributed by atoms with E-state index in [2.05, 4.69) is 41.5 Å². The molecule has 6 nitrogen and oxygen atoms in total. The molecule has 1 atom stereocenters. The van der Waals surface area contributed by atoms with E-state index >= 15 is 0 Å². The lowest BCUT2D eigenvalue weighted by Gasteiger charge is -2.15. The van der Waals surface area contributed by atoms with Gasteiger partial charge in [0.1, 0.15) is 5.82 Å². The van der Waals surface area contributed by atoms with Crippen molar-refractivity contribution in [3.05, 3.63) is 58.7 Å². The minimum atomic E-state index is -0.158. The first-order valence-electron chi connectivity index (χ1n) is 8.27. The Morgan fingerprint density at radius 3 is 2.69 bits per heavy atom. The SMILES string of the molecule is Cc1c(Br)cccc1Nc1cc(-c2ccccn2)nc(N[C@@H](C)CO)n1. The van der Waals surface area contributed by atoms with Crippen molar-refractivity contribution in [1.29, 1.82) is 0 Å². The van der Waals surface area contributed by atoms with E-state index in [-0.39, 0.29) is 12.6 Å². The van der Waals surface area contributed by atoms with Gasteiger partial charge in [0.05, 0.1) is 18.0 Å². The molecule has 0 radical (unpaired) electrons. The number of rotatable bonds is 6. The number of halogens is 1. The Kier molecular flexibility index (Phi) is 5.80. The van der Waals surface area contributed by atoms with Crippen LogP contribution in [0.3, 0.4) is 0 Å². The monoisotopic (exact) mass is 413 g/mol. The van der Waals surface area contributed by atoms with Crippen LogP contribution in [0, 0.1) is 6.92 Å². The molecular formula is C19H20BrN5O. The van der Waals surface area contributed by atoms with Gasteiger partial charge in [-0.2, -0.15) is 4.98 Å². The predicted molar refractivity (Wildman–Crippen MR) is 108 cm³/mol. The van der Waals surface area contributed by atoms with Gasteiger partial charge >= 0.3 is 0 Å². The Morgan fingerprint density at radius 2 is 1.96 bits per heavy atom. The largest absolute Gasteiger partial charge is 0.394 e. The molecule has 134 valence electrons. The summed E-state index contributed by atoms with van der Waals surface area (Å²) >= 11 is 3.54. The highest BCUT2D eigenvalue weighted by Crippen LogP contribution is 2.27. The number of nitrogens with one attached hydrogen (secondary N) is 2. The van der Waals surface area contributed by atoms with Gasteiger partial charge in [0.25, 0.3) is 0 Å². The maximum Gasteiger partial charge on any atom is 0.225 e. The van der Waals surface area contributed by atoms with Gasteiger partial charge in [0.2, 0.25) is 5.95 Å². The average Bonchev–Trinajstić information content (AvgIpc) is 2.66. The molecule has 0 spiro atoms. The summed E-state index contributed by atoms with van der Waals surface area (Å²) in [7, 11) is 0. The highest BCUT2D eigenvalue weighted by Gasteiger charge is 2.11. The molecule has 0 saturated heterocycles. The number of aliphatic hydroxyl groups is 1. The van der Waals surface area contributed by atoms with Crippen molar-refractivity contribution in [2.75, 3.05) is 17.2 Å². The second kappa shape index (κ2) is 8.25. The summed E-state index contributed by atoms with van der Waals surface area (Å²) in [5, 5.41) is 15.8. The molecular weight excluding hydrogens is 394 g/mol. The topological polar surface area (TPSA) is 83.0 Å². The normalized spacial score (nSPS) is 11.8. The second-order valence-corrected chi connectivity index (χ2v) is 6.80. The summed E-state index contributed by atoms with van der Waals surface area (Å²) in [4.78, 5) is 13.4. The number of anilines is 3. The Bertz CT molecular complexity index is 888. The lowest BCUT2D eigenvalue weighted by atomic mass is 10.2. The number of aliphatic hydroxyl groups excluding tert-OH is 1. The van der Waals surface area contributed by atoms with Crippen LogP contribution in [-0.2, 0) is 0 Å². The van der Waals surface area contributed by atoms with E-state index in [1.807, 2.05) is 56.3 Å². The Morgan fingerprint density at radius 1 is 1.12 bits per heavy atom. The Hall–Kier alpha value is -2.51. The van der Waals surface area contributed by atoms with Gasteiger partial charge in [0, 0.05) is 28.5 Å². The van der Waals surface area contributed by atoms with Gasteiger partial charge < -0.3 is 15.7 Å². The van der Waals surface area contributed by atoms with Crippen molar-refractivity contribution in [2.45, 2.75) is 19.9 Å². The fourth-order valence-corrected chi connectivity index (χ4v) is 2.73. The van der Waals surface area contributed by atoms with Crippen molar-refractivity contribution in [3.8, 4) is 11.4 Å². The summed E-state index contributed by atoms with van der Waals surface area (Å²) in [5.74, 6) is 1.08. The van der Waals surface area contributed by atoms with E-state index in [0.717, 1.165) is 21.4 Å². The molecule has 0 amide bonds. The van der Waals surface area contributed by atoms with Crippen molar-refractivity contribution in [1.82, 2.24) is 15.0 Å². The summed E-state index contributed by atoms with van der Waals surface area (Å²) in [6.45, 7) is 3.88. The van der Waals surface area contributed by atoms with Crippen LogP contribution in [0.2, 0.25) is 0 Å². The zero-order valence-electron chi connectivity index (χ0n) is 14.6. The summed E-state index contributed by atoms with van der Waals surface area (Å²) in [6, 6.07) is 13.3. The third-order valence-corrected chi connectivity index (χ3v) is 4.69. The molecule has 26 heavy (non-hydrogen) atoms. The number of aromatic nitrogens is 3. The number of benzene rings is 1. The summed E-state index contributed by atoms with van der Waals surface area (Å²) < 4.78 is 1.02. The van der Waals surface area contributed by atoms with Crippen LogP contribution in [0.15, 0.2) is 53.1 Å². The van der Waals surface area contributed by atoms with Crippen molar-refractivity contribution in [3.63, 3.8) is 0 Å². The van der Waals surface area contributed by atoms with E-state index in [4.69, 9.17) is 0 Å². The van der Waals surface area contributed by atoms with Gasteiger partial charge in [-0.05, 0) is 43.7 Å². The van der Waals surface area contributed by atoms with Gasteiger partial charge in [-0.25, -0.2) is 4.98 Å². The lowest BCUT2D eigenvalue weighted by Crippen LogP contribution is -2.21. The molecule has 0 aliphatic rings. The molecule has 1 aromatic carbocycles. The molecule has 0 fully saturated rings. The van der Waals surface area contributed by atoms with E-state index in [1.165, 1.54) is 0 Å². The third kappa shape index (κ3) is 4.36. The second-order valence-electron chi connectivity index (χ2n) is 5.94. The maximum atomic E-state index is 9.30. The lowest BCUT2D eigenvalue weighted by molar-refractivity contribution is 0.281. The molecule has 0 unspecified atom stereocenters. The van der Waals surface area contributed by atoms with Crippen molar-refractivity contribution in [2.24, 2.45) is 0 Å². The zero-order chi connectivity index (χ0) is 18.5. The number of hydrogen-bond acceptors (Lipinski definition) is 6. The third-order valence-electron chi connectivity index (χ3n) is 3.83.